The van der Waals surface area contributed by atoms with Gasteiger partial charge < -0.3 is 10.1 Å². The molecule has 1 fully saturated rings. The molecule has 1 aromatic rings. The Balaban J connectivity index is 2.15. The first-order valence-electron chi connectivity index (χ1n) is 8.14. The number of hydrogen-bond acceptors (Lipinski definition) is 4. The summed E-state index contributed by atoms with van der Waals surface area (Å²) >= 11 is 0. The standard InChI is InChI=1S/C17H25FN2O4S/c1-10(2)24-15-9-14(17(15,3)4)19-16(21)12-8-11(18)6-7-13(12)20-25(5,22)23/h6-8,10,14-15,20H,9H2,1-5H3,(H,19,21). The summed E-state index contributed by atoms with van der Waals surface area (Å²) in [5.41, 5.74) is -0.263. The average Bonchev–Trinajstić information content (AvgIpc) is 2.46. The van der Waals surface area contributed by atoms with Crippen molar-refractivity contribution in [2.24, 2.45) is 5.41 Å². The molecule has 0 aromatic heterocycles. The Kier molecular flexibility index (Phi) is 5.44. The van der Waals surface area contributed by atoms with Crippen LogP contribution < -0.4 is 10.0 Å². The molecule has 1 aliphatic rings. The van der Waals surface area contributed by atoms with Gasteiger partial charge in [0.2, 0.25) is 10.0 Å². The highest BCUT2D eigenvalue weighted by atomic mass is 32.2. The summed E-state index contributed by atoms with van der Waals surface area (Å²) in [5, 5.41) is 2.86. The lowest BCUT2D eigenvalue weighted by Gasteiger charge is -2.52. The van der Waals surface area contributed by atoms with Crippen LogP contribution >= 0.6 is 0 Å². The van der Waals surface area contributed by atoms with Gasteiger partial charge in [-0.05, 0) is 38.5 Å². The van der Waals surface area contributed by atoms with Gasteiger partial charge in [-0.1, -0.05) is 13.8 Å². The van der Waals surface area contributed by atoms with E-state index in [4.69, 9.17) is 4.74 Å². The van der Waals surface area contributed by atoms with Crippen molar-refractivity contribution in [3.05, 3.63) is 29.6 Å². The number of halogens is 1. The Bertz CT molecular complexity index is 762. The van der Waals surface area contributed by atoms with Crippen LogP contribution in [0.5, 0.6) is 0 Å². The second kappa shape index (κ2) is 6.92. The summed E-state index contributed by atoms with van der Waals surface area (Å²) in [5.74, 6) is -1.13. The summed E-state index contributed by atoms with van der Waals surface area (Å²) in [6.07, 6.45) is 1.75. The molecule has 1 amide bonds. The van der Waals surface area contributed by atoms with Gasteiger partial charge in [-0.15, -0.1) is 0 Å². The molecule has 0 saturated heterocycles. The lowest BCUT2D eigenvalue weighted by Crippen LogP contribution is -2.62. The van der Waals surface area contributed by atoms with Crippen LogP contribution in [0.3, 0.4) is 0 Å². The Morgan fingerprint density at radius 1 is 1.36 bits per heavy atom. The van der Waals surface area contributed by atoms with Crippen LogP contribution in [0.2, 0.25) is 0 Å². The highest BCUT2D eigenvalue weighted by molar-refractivity contribution is 7.92. The molecule has 1 aromatic carbocycles. The molecule has 8 heteroatoms. The van der Waals surface area contributed by atoms with Crippen molar-refractivity contribution in [2.75, 3.05) is 11.0 Å². The lowest BCUT2D eigenvalue weighted by molar-refractivity contribution is -0.136. The molecule has 0 spiro atoms. The average molecular weight is 372 g/mol. The first-order chi connectivity index (χ1) is 11.4. The van der Waals surface area contributed by atoms with Crippen molar-refractivity contribution in [3.63, 3.8) is 0 Å². The molecule has 0 heterocycles. The number of rotatable bonds is 6. The third-order valence-corrected chi connectivity index (χ3v) is 5.03. The quantitative estimate of drug-likeness (QED) is 0.804. The van der Waals surface area contributed by atoms with Gasteiger partial charge in [0.1, 0.15) is 5.82 Å². The van der Waals surface area contributed by atoms with E-state index in [2.05, 4.69) is 10.0 Å². The molecule has 1 saturated carbocycles. The van der Waals surface area contributed by atoms with Crippen LogP contribution in [-0.4, -0.2) is 38.8 Å². The first kappa shape index (κ1) is 19.7. The summed E-state index contributed by atoms with van der Waals surface area (Å²) < 4.78 is 44.5. The number of sulfonamides is 1. The molecule has 2 atom stereocenters. The molecule has 2 unspecified atom stereocenters. The van der Waals surface area contributed by atoms with Crippen molar-refractivity contribution in [1.82, 2.24) is 5.32 Å². The van der Waals surface area contributed by atoms with Crippen molar-refractivity contribution in [1.29, 1.82) is 0 Å². The van der Waals surface area contributed by atoms with Crippen LogP contribution in [0.1, 0.15) is 44.5 Å². The molecular formula is C17H25FN2O4S. The van der Waals surface area contributed by atoms with Gasteiger partial charge in [-0.2, -0.15) is 0 Å². The van der Waals surface area contributed by atoms with Crippen LogP contribution in [0, 0.1) is 11.2 Å². The minimum Gasteiger partial charge on any atom is -0.375 e. The van der Waals surface area contributed by atoms with E-state index in [0.29, 0.717) is 6.42 Å². The highest BCUT2D eigenvalue weighted by Gasteiger charge is 2.50. The van der Waals surface area contributed by atoms with Gasteiger partial charge in [0.25, 0.3) is 5.91 Å². The van der Waals surface area contributed by atoms with Crippen molar-refractivity contribution < 1.29 is 22.3 Å². The molecule has 2 N–H and O–H groups in total. The van der Waals surface area contributed by atoms with Gasteiger partial charge in [-0.25, -0.2) is 12.8 Å². The molecule has 1 aliphatic carbocycles. The third-order valence-electron chi connectivity index (χ3n) is 4.44. The van der Waals surface area contributed by atoms with E-state index in [1.807, 2.05) is 27.7 Å². The van der Waals surface area contributed by atoms with E-state index in [-0.39, 0.29) is 34.9 Å². The molecule has 6 nitrogen and oxygen atoms in total. The fraction of sp³-hybridized carbons (Fsp3) is 0.588. The number of amides is 1. The van der Waals surface area contributed by atoms with Crippen LogP contribution in [0.15, 0.2) is 18.2 Å². The number of anilines is 1. The second-order valence-electron chi connectivity index (χ2n) is 7.32. The van der Waals surface area contributed by atoms with Gasteiger partial charge >= 0.3 is 0 Å². The maximum absolute atomic E-state index is 13.6. The van der Waals surface area contributed by atoms with E-state index < -0.39 is 21.7 Å². The molecule has 140 valence electrons. The van der Waals surface area contributed by atoms with Crippen LogP contribution in [0.25, 0.3) is 0 Å². The van der Waals surface area contributed by atoms with Crippen molar-refractivity contribution >= 4 is 21.6 Å². The topological polar surface area (TPSA) is 84.5 Å². The molecule has 25 heavy (non-hydrogen) atoms. The van der Waals surface area contributed by atoms with Crippen molar-refractivity contribution in [2.45, 2.75) is 52.4 Å². The fourth-order valence-electron chi connectivity index (χ4n) is 2.92. The van der Waals surface area contributed by atoms with E-state index in [1.165, 1.54) is 6.07 Å². The number of nitrogens with one attached hydrogen (secondary N) is 2. The van der Waals surface area contributed by atoms with E-state index in [1.54, 1.807) is 0 Å². The number of benzene rings is 1. The Morgan fingerprint density at radius 3 is 2.52 bits per heavy atom. The van der Waals surface area contributed by atoms with E-state index in [9.17, 15) is 17.6 Å². The van der Waals surface area contributed by atoms with E-state index in [0.717, 1.165) is 18.4 Å². The SMILES string of the molecule is CC(C)OC1CC(NC(=O)c2cc(F)ccc2NS(C)(=O)=O)C1(C)C. The predicted octanol–water partition coefficient (Wildman–Crippen LogP) is 2.52. The zero-order chi connectivity index (χ0) is 19.0. The van der Waals surface area contributed by atoms with Crippen LogP contribution in [0.4, 0.5) is 10.1 Å². The smallest absolute Gasteiger partial charge is 0.253 e. The Hall–Kier alpha value is -1.67. The zero-order valence-electron chi connectivity index (χ0n) is 15.1. The maximum Gasteiger partial charge on any atom is 0.253 e. The molecule has 0 aliphatic heterocycles. The van der Waals surface area contributed by atoms with Gasteiger partial charge in [-0.3, -0.25) is 9.52 Å². The van der Waals surface area contributed by atoms with Gasteiger partial charge in [0, 0.05) is 11.5 Å². The second-order valence-corrected chi connectivity index (χ2v) is 9.07. The van der Waals surface area contributed by atoms with Crippen molar-refractivity contribution in [3.8, 4) is 0 Å². The zero-order valence-corrected chi connectivity index (χ0v) is 15.9. The summed E-state index contributed by atoms with van der Waals surface area (Å²) in [4.78, 5) is 12.6. The third kappa shape index (κ3) is 4.70. The van der Waals surface area contributed by atoms with Gasteiger partial charge in [0.15, 0.2) is 0 Å². The first-order valence-corrected chi connectivity index (χ1v) is 10.0. The monoisotopic (exact) mass is 372 g/mol. The minimum atomic E-state index is -3.58. The molecule has 2 rings (SSSR count). The normalized spacial score (nSPS) is 22.4. The fourth-order valence-corrected chi connectivity index (χ4v) is 3.50. The molecule has 0 bridgehead atoms. The largest absolute Gasteiger partial charge is 0.375 e. The summed E-state index contributed by atoms with van der Waals surface area (Å²) in [6.45, 7) is 7.90. The Labute approximate surface area is 148 Å². The number of hydrogen-bond donors (Lipinski definition) is 2. The van der Waals surface area contributed by atoms with Crippen LogP contribution in [-0.2, 0) is 14.8 Å². The summed E-state index contributed by atoms with van der Waals surface area (Å²) in [6, 6.07) is 3.22. The lowest BCUT2D eigenvalue weighted by atomic mass is 9.64. The predicted molar refractivity (Wildman–Crippen MR) is 94.5 cm³/mol. The van der Waals surface area contributed by atoms with E-state index >= 15 is 0 Å². The maximum atomic E-state index is 13.6. The van der Waals surface area contributed by atoms with Gasteiger partial charge in [0.05, 0.1) is 29.7 Å². The summed E-state index contributed by atoms with van der Waals surface area (Å²) in [7, 11) is -3.58. The number of carbonyl (C=O) groups excluding carboxylic acids is 1. The minimum absolute atomic E-state index is 0.0268. The Morgan fingerprint density at radius 2 is 2.00 bits per heavy atom. The highest BCUT2D eigenvalue weighted by Crippen LogP contribution is 2.43. The number of ether oxygens (including phenoxy) is 1. The number of carbonyl (C=O) groups is 1. The molecule has 0 radical (unpaired) electrons. The molecular weight excluding hydrogens is 347 g/mol.